The highest BCUT2D eigenvalue weighted by molar-refractivity contribution is 6.23. The smallest absolute Gasteiger partial charge is 0.194 e. The molecule has 286 valence electrons. The van der Waals surface area contributed by atoms with Gasteiger partial charge in [-0.15, -0.1) is 0 Å². The fourth-order valence-electron chi connectivity index (χ4n) is 8.99. The highest BCUT2D eigenvalue weighted by Crippen LogP contribution is 2.42. The Morgan fingerprint density at radius 2 is 0.792 bits per heavy atom. The molecule has 0 saturated heterocycles. The van der Waals surface area contributed by atoms with Gasteiger partial charge in [-0.3, -0.25) is 0 Å². The molecule has 0 unspecified atom stereocenters. The van der Waals surface area contributed by atoms with E-state index in [1.807, 2.05) is 41.5 Å². The SMILES string of the molecule is CC.CC.CC.C[n+]1c(C(C)(C)C)c2c3c(cccc3c1C(C)(C)C)C=CC2.C[n+]1c(C(C)(C)C)c2ccc3cccc4ccc(c1C(C)(C)C)c2c34. The average molecular weight is 715 g/mol. The van der Waals surface area contributed by atoms with Gasteiger partial charge in [0.1, 0.15) is 14.1 Å². The fraction of sp³-hybridized carbons (Fsp3) is 0.490. The van der Waals surface area contributed by atoms with Gasteiger partial charge in [0, 0.05) is 38.0 Å². The van der Waals surface area contributed by atoms with E-state index < -0.39 is 0 Å². The standard InChI is InChI=1S/C24H28N.C21H28N.3C2H6/c1-23(2,3)21-17-13-11-15-9-8-10-16-12-14-18(20(17)19(15)16)22(25(21)7)24(4,5)6;1-20(2,3)18-15-12-8-10-14-11-9-13-16(17(14)15)19(22(18)7)21(4,5)6;3*1-2/h8-14H,1-7H3;8-12H,13H2,1-7H3;3*1-2H3/q2*+1;;;. The van der Waals surface area contributed by atoms with Crippen LogP contribution >= 0.6 is 0 Å². The molecule has 1 aliphatic rings. The predicted molar refractivity (Wildman–Crippen MR) is 238 cm³/mol. The molecule has 53 heavy (non-hydrogen) atoms. The summed E-state index contributed by atoms with van der Waals surface area (Å²) in [6, 6.07) is 22.6. The van der Waals surface area contributed by atoms with Crippen molar-refractivity contribution in [3.8, 4) is 0 Å². The first-order chi connectivity index (χ1) is 24.7. The zero-order valence-electron chi connectivity index (χ0n) is 37.5. The maximum absolute atomic E-state index is 2.47. The number of rotatable bonds is 0. The van der Waals surface area contributed by atoms with Crippen LogP contribution in [0.25, 0.3) is 49.2 Å². The molecule has 0 amide bonds. The third-order valence-corrected chi connectivity index (χ3v) is 10.0. The summed E-state index contributed by atoms with van der Waals surface area (Å²) in [5.74, 6) is 0. The normalized spacial score (nSPS) is 12.8. The first kappa shape index (κ1) is 43.6. The van der Waals surface area contributed by atoms with E-state index in [2.05, 4.69) is 179 Å². The minimum Gasteiger partial charge on any atom is -0.201 e. The van der Waals surface area contributed by atoms with Crippen molar-refractivity contribution in [2.45, 2.75) is 153 Å². The van der Waals surface area contributed by atoms with Gasteiger partial charge in [0.15, 0.2) is 22.8 Å². The van der Waals surface area contributed by atoms with Crippen LogP contribution < -0.4 is 9.13 Å². The summed E-state index contributed by atoms with van der Waals surface area (Å²) < 4.78 is 4.93. The van der Waals surface area contributed by atoms with Gasteiger partial charge < -0.3 is 0 Å². The van der Waals surface area contributed by atoms with Crippen LogP contribution in [0.5, 0.6) is 0 Å². The largest absolute Gasteiger partial charge is 0.201 e. The van der Waals surface area contributed by atoms with Crippen LogP contribution in [0.1, 0.15) is 159 Å². The molecule has 0 spiro atoms. The van der Waals surface area contributed by atoms with Crippen molar-refractivity contribution in [3.05, 3.63) is 101 Å². The summed E-state index contributed by atoms with van der Waals surface area (Å²) >= 11 is 0. The predicted octanol–water partition coefficient (Wildman–Crippen LogP) is 13.9. The third kappa shape index (κ3) is 8.18. The van der Waals surface area contributed by atoms with Gasteiger partial charge in [-0.1, -0.05) is 179 Å². The molecule has 0 atom stereocenters. The fourth-order valence-corrected chi connectivity index (χ4v) is 8.99. The Balaban J connectivity index is 0.000000252. The molecular weight excluding hydrogens is 641 g/mol. The van der Waals surface area contributed by atoms with E-state index >= 15 is 0 Å². The highest BCUT2D eigenvalue weighted by atomic mass is 15.0. The Morgan fingerprint density at radius 1 is 0.415 bits per heavy atom. The number of hydrogen-bond acceptors (Lipinski definition) is 0. The summed E-state index contributed by atoms with van der Waals surface area (Å²) in [5, 5.41) is 11.2. The second-order valence-electron chi connectivity index (χ2n) is 18.0. The maximum atomic E-state index is 2.47. The monoisotopic (exact) mass is 715 g/mol. The molecule has 1 aliphatic carbocycles. The first-order valence-electron chi connectivity index (χ1n) is 20.5. The molecule has 2 aromatic heterocycles. The van der Waals surface area contributed by atoms with Crippen LogP contribution in [0.4, 0.5) is 0 Å². The van der Waals surface area contributed by atoms with E-state index in [0.29, 0.717) is 0 Å². The van der Waals surface area contributed by atoms with E-state index in [0.717, 1.165) is 6.42 Å². The summed E-state index contributed by atoms with van der Waals surface area (Å²) in [4.78, 5) is 0. The van der Waals surface area contributed by atoms with Gasteiger partial charge in [-0.05, 0) is 46.3 Å². The molecule has 2 heteroatoms. The Hall–Kier alpha value is -3.78. The second kappa shape index (κ2) is 16.3. The minimum atomic E-state index is 0.0804. The number of benzene rings is 4. The third-order valence-electron chi connectivity index (χ3n) is 10.0. The van der Waals surface area contributed by atoms with E-state index in [4.69, 9.17) is 0 Å². The number of hydrogen-bond donors (Lipinski definition) is 0. The van der Waals surface area contributed by atoms with Gasteiger partial charge in [-0.25, -0.2) is 9.13 Å². The number of aromatic nitrogens is 2. The quantitative estimate of drug-likeness (QED) is 0.109. The molecule has 6 aromatic rings. The lowest BCUT2D eigenvalue weighted by Gasteiger charge is -2.28. The topological polar surface area (TPSA) is 7.76 Å². The summed E-state index contributed by atoms with van der Waals surface area (Å²) in [5.41, 5.74) is 9.05. The Labute approximate surface area is 324 Å². The van der Waals surface area contributed by atoms with E-state index in [1.54, 1.807) is 0 Å². The van der Waals surface area contributed by atoms with E-state index in [9.17, 15) is 0 Å². The van der Waals surface area contributed by atoms with Crippen molar-refractivity contribution in [3.63, 3.8) is 0 Å². The van der Waals surface area contributed by atoms with Crippen LogP contribution in [-0.2, 0) is 42.2 Å². The van der Waals surface area contributed by atoms with Gasteiger partial charge in [0.05, 0.1) is 16.2 Å². The van der Waals surface area contributed by atoms with Crippen molar-refractivity contribution < 1.29 is 9.13 Å². The lowest BCUT2D eigenvalue weighted by Crippen LogP contribution is -2.48. The van der Waals surface area contributed by atoms with Crippen molar-refractivity contribution in [1.82, 2.24) is 0 Å². The lowest BCUT2D eigenvalue weighted by atomic mass is 9.78. The first-order valence-corrected chi connectivity index (χ1v) is 20.5. The van der Waals surface area contributed by atoms with Crippen molar-refractivity contribution in [1.29, 1.82) is 0 Å². The van der Waals surface area contributed by atoms with Crippen molar-refractivity contribution >= 4 is 49.2 Å². The molecule has 0 saturated carbocycles. The molecule has 0 aliphatic heterocycles. The summed E-state index contributed by atoms with van der Waals surface area (Å²) in [6.45, 7) is 39.9. The zero-order valence-corrected chi connectivity index (χ0v) is 37.5. The Bertz CT molecular complexity index is 2120. The van der Waals surface area contributed by atoms with Crippen LogP contribution in [0, 0.1) is 0 Å². The number of nitrogens with zero attached hydrogens (tertiary/aromatic N) is 2. The number of pyridine rings is 2. The van der Waals surface area contributed by atoms with E-state index in [-0.39, 0.29) is 21.7 Å². The molecule has 2 heterocycles. The second-order valence-corrected chi connectivity index (χ2v) is 18.0. The molecule has 7 rings (SSSR count). The van der Waals surface area contributed by atoms with E-state index in [1.165, 1.54) is 77.0 Å². The molecule has 2 nitrogen and oxygen atoms in total. The molecule has 0 bridgehead atoms. The molecule has 0 fully saturated rings. The minimum absolute atomic E-state index is 0.0804. The average Bonchev–Trinajstić information content (AvgIpc) is 3.08. The van der Waals surface area contributed by atoms with Crippen molar-refractivity contribution in [2.24, 2.45) is 14.1 Å². The van der Waals surface area contributed by atoms with Crippen LogP contribution in [0.2, 0.25) is 0 Å². The van der Waals surface area contributed by atoms with Gasteiger partial charge in [0.25, 0.3) is 0 Å². The lowest BCUT2D eigenvalue weighted by molar-refractivity contribution is -0.691. The van der Waals surface area contributed by atoms with Gasteiger partial charge in [0.2, 0.25) is 0 Å². The molecule has 0 N–H and O–H groups in total. The molecule has 4 aromatic carbocycles. The Kier molecular flexibility index (Phi) is 13.4. The molecule has 0 radical (unpaired) electrons. The van der Waals surface area contributed by atoms with Gasteiger partial charge >= 0.3 is 0 Å². The summed E-state index contributed by atoms with van der Waals surface area (Å²) in [6.07, 6.45) is 5.63. The van der Waals surface area contributed by atoms with Crippen LogP contribution in [0.15, 0.2) is 66.7 Å². The van der Waals surface area contributed by atoms with Crippen LogP contribution in [-0.4, -0.2) is 0 Å². The summed E-state index contributed by atoms with van der Waals surface area (Å²) in [7, 11) is 4.50. The van der Waals surface area contributed by atoms with Gasteiger partial charge in [-0.2, -0.15) is 0 Å². The Morgan fingerprint density at radius 3 is 1.21 bits per heavy atom. The maximum Gasteiger partial charge on any atom is 0.194 e. The highest BCUT2D eigenvalue weighted by Gasteiger charge is 2.38. The van der Waals surface area contributed by atoms with Crippen LogP contribution in [0.3, 0.4) is 0 Å². The molecular formula is C51H74N2+2. The number of allylic oxidation sites excluding steroid dienone is 1. The van der Waals surface area contributed by atoms with Crippen molar-refractivity contribution in [2.75, 3.05) is 0 Å². The zero-order chi connectivity index (χ0) is 40.4.